The SMILES string of the molecule is CC1(C)CCC(C)(C)N(OC(C=O)Cc2ccccc2)C1. The minimum Gasteiger partial charge on any atom is -0.300 e. The number of carbonyl (C=O) groups excluding carboxylic acids is 1. The second kappa shape index (κ2) is 6.29. The molecule has 1 fully saturated rings. The van der Waals surface area contributed by atoms with Crippen LogP contribution in [0.5, 0.6) is 0 Å². The summed E-state index contributed by atoms with van der Waals surface area (Å²) in [6.07, 6.45) is 3.39. The number of hydrogen-bond donors (Lipinski definition) is 0. The summed E-state index contributed by atoms with van der Waals surface area (Å²) in [6, 6.07) is 10.0. The first kappa shape index (κ1) is 16.2. The van der Waals surface area contributed by atoms with Crippen LogP contribution in [0.3, 0.4) is 0 Å². The highest BCUT2D eigenvalue weighted by atomic mass is 16.7. The van der Waals surface area contributed by atoms with Crippen LogP contribution in [0.25, 0.3) is 0 Å². The predicted molar refractivity (Wildman–Crippen MR) is 84.9 cm³/mol. The molecule has 3 heteroatoms. The van der Waals surface area contributed by atoms with Crippen molar-refractivity contribution in [3.8, 4) is 0 Å². The maximum absolute atomic E-state index is 11.4. The molecule has 1 saturated heterocycles. The Labute approximate surface area is 128 Å². The van der Waals surface area contributed by atoms with E-state index in [1.54, 1.807) is 0 Å². The molecule has 1 aromatic carbocycles. The Bertz CT molecular complexity index is 467. The molecule has 1 heterocycles. The van der Waals surface area contributed by atoms with E-state index in [0.29, 0.717) is 6.42 Å². The van der Waals surface area contributed by atoms with Gasteiger partial charge in [-0.2, -0.15) is 5.06 Å². The average molecular weight is 289 g/mol. The number of rotatable bonds is 5. The quantitative estimate of drug-likeness (QED) is 0.775. The molecule has 1 aliphatic rings. The van der Waals surface area contributed by atoms with Crippen molar-refractivity contribution in [1.29, 1.82) is 0 Å². The van der Waals surface area contributed by atoms with Gasteiger partial charge in [0.2, 0.25) is 0 Å². The lowest BCUT2D eigenvalue weighted by atomic mass is 9.78. The molecule has 0 radical (unpaired) electrons. The first-order valence-electron chi connectivity index (χ1n) is 7.76. The van der Waals surface area contributed by atoms with Crippen LogP contribution in [-0.2, 0) is 16.1 Å². The van der Waals surface area contributed by atoms with Crippen molar-refractivity contribution in [1.82, 2.24) is 5.06 Å². The molecule has 1 aromatic rings. The van der Waals surface area contributed by atoms with Crippen molar-refractivity contribution in [3.05, 3.63) is 35.9 Å². The molecular weight excluding hydrogens is 262 g/mol. The summed E-state index contributed by atoms with van der Waals surface area (Å²) in [4.78, 5) is 17.5. The number of piperidine rings is 1. The van der Waals surface area contributed by atoms with Crippen LogP contribution in [0.15, 0.2) is 30.3 Å². The third-order valence-corrected chi connectivity index (χ3v) is 4.35. The van der Waals surface area contributed by atoms with Crippen LogP contribution in [0.4, 0.5) is 0 Å². The maximum Gasteiger partial charge on any atom is 0.151 e. The summed E-state index contributed by atoms with van der Waals surface area (Å²) in [7, 11) is 0. The number of carbonyl (C=O) groups is 1. The van der Waals surface area contributed by atoms with E-state index >= 15 is 0 Å². The topological polar surface area (TPSA) is 29.5 Å². The van der Waals surface area contributed by atoms with Gasteiger partial charge in [-0.05, 0) is 37.7 Å². The smallest absolute Gasteiger partial charge is 0.151 e. The summed E-state index contributed by atoms with van der Waals surface area (Å²) < 4.78 is 0. The second-order valence-corrected chi connectivity index (χ2v) is 7.48. The van der Waals surface area contributed by atoms with E-state index in [-0.39, 0.29) is 11.0 Å². The van der Waals surface area contributed by atoms with Crippen LogP contribution in [0.1, 0.15) is 46.1 Å². The molecule has 0 saturated carbocycles. The highest BCUT2D eigenvalue weighted by Crippen LogP contribution is 2.38. The van der Waals surface area contributed by atoms with Gasteiger partial charge in [-0.1, -0.05) is 44.2 Å². The van der Waals surface area contributed by atoms with Gasteiger partial charge in [0.05, 0.1) is 0 Å². The Morgan fingerprint density at radius 1 is 1.19 bits per heavy atom. The summed E-state index contributed by atoms with van der Waals surface area (Å²) in [5.74, 6) is 0. The molecule has 1 atom stereocenters. The highest BCUT2D eigenvalue weighted by molar-refractivity contribution is 5.56. The number of hydroxylamine groups is 2. The molecule has 2 rings (SSSR count). The first-order chi connectivity index (χ1) is 9.82. The Morgan fingerprint density at radius 2 is 1.86 bits per heavy atom. The minimum absolute atomic E-state index is 0.0204. The Morgan fingerprint density at radius 3 is 2.48 bits per heavy atom. The molecule has 21 heavy (non-hydrogen) atoms. The van der Waals surface area contributed by atoms with E-state index in [0.717, 1.165) is 24.8 Å². The Kier molecular flexibility index (Phi) is 4.84. The summed E-state index contributed by atoms with van der Waals surface area (Å²) in [6.45, 7) is 9.75. The molecular formula is C18H27NO2. The molecule has 116 valence electrons. The van der Waals surface area contributed by atoms with Gasteiger partial charge in [0, 0.05) is 18.5 Å². The standard InChI is InChI=1S/C18H27NO2/c1-17(2)10-11-18(3,4)19(14-17)21-16(13-20)12-15-8-6-5-7-9-15/h5-9,13,16H,10-12,14H2,1-4H3. The lowest BCUT2D eigenvalue weighted by Crippen LogP contribution is -2.54. The molecule has 0 spiro atoms. The van der Waals surface area contributed by atoms with E-state index in [2.05, 4.69) is 27.7 Å². The molecule has 0 amide bonds. The number of benzene rings is 1. The van der Waals surface area contributed by atoms with E-state index in [9.17, 15) is 4.79 Å². The average Bonchev–Trinajstić information content (AvgIpc) is 2.43. The Hall–Kier alpha value is -1.19. The van der Waals surface area contributed by atoms with Gasteiger partial charge >= 0.3 is 0 Å². The number of aldehydes is 1. The van der Waals surface area contributed by atoms with Gasteiger partial charge in [0.15, 0.2) is 6.29 Å². The fraction of sp³-hybridized carbons (Fsp3) is 0.611. The van der Waals surface area contributed by atoms with Crippen LogP contribution >= 0.6 is 0 Å². The van der Waals surface area contributed by atoms with Crippen LogP contribution in [0.2, 0.25) is 0 Å². The zero-order chi connectivity index (χ0) is 15.5. The second-order valence-electron chi connectivity index (χ2n) is 7.48. The van der Waals surface area contributed by atoms with Gasteiger partial charge in [0.1, 0.15) is 6.10 Å². The summed E-state index contributed by atoms with van der Waals surface area (Å²) >= 11 is 0. The summed E-state index contributed by atoms with van der Waals surface area (Å²) in [5.41, 5.74) is 1.34. The molecule has 0 bridgehead atoms. The van der Waals surface area contributed by atoms with Gasteiger partial charge in [-0.3, -0.25) is 4.84 Å². The predicted octanol–water partition coefficient (Wildman–Crippen LogP) is 3.63. The molecule has 1 aliphatic heterocycles. The van der Waals surface area contributed by atoms with Gasteiger partial charge < -0.3 is 4.79 Å². The van der Waals surface area contributed by atoms with Crippen molar-refractivity contribution in [2.24, 2.45) is 5.41 Å². The number of nitrogens with zero attached hydrogens (tertiary/aromatic N) is 1. The molecule has 1 unspecified atom stereocenters. The molecule has 0 aliphatic carbocycles. The maximum atomic E-state index is 11.4. The highest BCUT2D eigenvalue weighted by Gasteiger charge is 2.39. The largest absolute Gasteiger partial charge is 0.300 e. The zero-order valence-corrected chi connectivity index (χ0v) is 13.6. The number of hydrogen-bond acceptors (Lipinski definition) is 3. The minimum atomic E-state index is -0.416. The molecule has 0 aromatic heterocycles. The van der Waals surface area contributed by atoms with Gasteiger partial charge in [0.25, 0.3) is 0 Å². The van der Waals surface area contributed by atoms with Gasteiger partial charge in [-0.25, -0.2) is 0 Å². The van der Waals surface area contributed by atoms with Crippen molar-refractivity contribution in [2.45, 2.75) is 58.6 Å². The third kappa shape index (κ3) is 4.39. The van der Waals surface area contributed by atoms with E-state index in [1.165, 1.54) is 6.42 Å². The van der Waals surface area contributed by atoms with Crippen LogP contribution < -0.4 is 0 Å². The molecule has 3 nitrogen and oxygen atoms in total. The van der Waals surface area contributed by atoms with Crippen molar-refractivity contribution in [3.63, 3.8) is 0 Å². The fourth-order valence-electron chi connectivity index (χ4n) is 2.75. The monoisotopic (exact) mass is 289 g/mol. The van der Waals surface area contributed by atoms with E-state index < -0.39 is 6.10 Å². The lowest BCUT2D eigenvalue weighted by Gasteiger charge is -2.48. The van der Waals surface area contributed by atoms with Gasteiger partial charge in [-0.15, -0.1) is 0 Å². The Balaban J connectivity index is 2.04. The van der Waals surface area contributed by atoms with E-state index in [1.807, 2.05) is 35.4 Å². The first-order valence-corrected chi connectivity index (χ1v) is 7.76. The van der Waals surface area contributed by atoms with Crippen molar-refractivity contribution in [2.75, 3.05) is 6.54 Å². The van der Waals surface area contributed by atoms with E-state index in [4.69, 9.17) is 4.84 Å². The normalized spacial score (nSPS) is 22.7. The van der Waals surface area contributed by atoms with Crippen molar-refractivity contribution >= 4 is 6.29 Å². The lowest BCUT2D eigenvalue weighted by molar-refractivity contribution is -0.264. The third-order valence-electron chi connectivity index (χ3n) is 4.35. The van der Waals surface area contributed by atoms with Crippen molar-refractivity contribution < 1.29 is 9.63 Å². The fourth-order valence-corrected chi connectivity index (χ4v) is 2.75. The zero-order valence-electron chi connectivity index (χ0n) is 13.6. The van der Waals surface area contributed by atoms with Crippen LogP contribution in [0, 0.1) is 5.41 Å². The van der Waals surface area contributed by atoms with Crippen LogP contribution in [-0.4, -0.2) is 29.5 Å². The summed E-state index contributed by atoms with van der Waals surface area (Å²) in [5, 5.41) is 2.03. The molecule has 0 N–H and O–H groups in total.